The fourth-order valence-corrected chi connectivity index (χ4v) is 2.51. The van der Waals surface area contributed by atoms with E-state index in [0.29, 0.717) is 5.56 Å². The van der Waals surface area contributed by atoms with E-state index < -0.39 is 17.7 Å². The van der Waals surface area contributed by atoms with Crippen molar-refractivity contribution in [2.45, 2.75) is 20.0 Å². The number of halogens is 4. The Morgan fingerprint density at radius 2 is 2.09 bits per heavy atom. The molecule has 0 saturated heterocycles. The number of esters is 1. The molecule has 0 saturated carbocycles. The molecule has 22 heavy (non-hydrogen) atoms. The van der Waals surface area contributed by atoms with Crippen molar-refractivity contribution in [2.24, 2.45) is 0 Å². The molecular weight excluding hydrogens is 367 g/mol. The molecule has 0 aliphatic rings. The number of rotatable bonds is 3. The molecular formula is C14H11BrF3NO3. The van der Waals surface area contributed by atoms with Crippen molar-refractivity contribution in [3.05, 3.63) is 39.6 Å². The maximum absolute atomic E-state index is 12.8. The van der Waals surface area contributed by atoms with Gasteiger partial charge in [0.05, 0.1) is 12.2 Å². The SMILES string of the molecule is CCOC(=O)c1c(-c2ccc(C(F)(F)F)c(Br)c2)noc1C. The van der Waals surface area contributed by atoms with Crippen LogP contribution in [-0.4, -0.2) is 17.7 Å². The first-order valence-corrected chi connectivity index (χ1v) is 7.05. The third kappa shape index (κ3) is 3.16. The predicted octanol–water partition coefficient (Wildman–Crippen LogP) is 4.61. The van der Waals surface area contributed by atoms with E-state index in [2.05, 4.69) is 21.1 Å². The molecule has 2 rings (SSSR count). The average molecular weight is 378 g/mol. The Morgan fingerprint density at radius 1 is 1.41 bits per heavy atom. The summed E-state index contributed by atoms with van der Waals surface area (Å²) in [6.45, 7) is 3.34. The third-order valence-electron chi connectivity index (χ3n) is 2.89. The molecule has 2 aromatic rings. The van der Waals surface area contributed by atoms with E-state index >= 15 is 0 Å². The predicted molar refractivity (Wildman–Crippen MR) is 75.3 cm³/mol. The second-order valence-electron chi connectivity index (χ2n) is 4.38. The molecule has 0 spiro atoms. The maximum Gasteiger partial charge on any atom is 0.417 e. The molecule has 0 bridgehead atoms. The van der Waals surface area contributed by atoms with Crippen LogP contribution in [0, 0.1) is 6.92 Å². The van der Waals surface area contributed by atoms with Crippen LogP contribution in [0.2, 0.25) is 0 Å². The van der Waals surface area contributed by atoms with E-state index in [4.69, 9.17) is 9.26 Å². The van der Waals surface area contributed by atoms with Gasteiger partial charge in [-0.05, 0) is 26.0 Å². The van der Waals surface area contributed by atoms with Crippen LogP contribution in [0.4, 0.5) is 13.2 Å². The van der Waals surface area contributed by atoms with Gasteiger partial charge in [0, 0.05) is 10.0 Å². The summed E-state index contributed by atoms with van der Waals surface area (Å²) >= 11 is 2.88. The lowest BCUT2D eigenvalue weighted by Gasteiger charge is -2.10. The lowest BCUT2D eigenvalue weighted by atomic mass is 10.0. The number of aromatic nitrogens is 1. The highest BCUT2D eigenvalue weighted by molar-refractivity contribution is 9.10. The minimum Gasteiger partial charge on any atom is -0.462 e. The maximum atomic E-state index is 12.8. The largest absolute Gasteiger partial charge is 0.462 e. The van der Waals surface area contributed by atoms with E-state index in [0.717, 1.165) is 6.07 Å². The fourth-order valence-electron chi connectivity index (χ4n) is 1.91. The van der Waals surface area contributed by atoms with Crippen molar-refractivity contribution < 1.29 is 27.2 Å². The lowest BCUT2D eigenvalue weighted by molar-refractivity contribution is -0.138. The van der Waals surface area contributed by atoms with Gasteiger partial charge in [-0.25, -0.2) is 4.79 Å². The number of alkyl halides is 3. The number of hydrogen-bond acceptors (Lipinski definition) is 4. The number of benzene rings is 1. The zero-order chi connectivity index (χ0) is 16.5. The summed E-state index contributed by atoms with van der Waals surface area (Å²) in [5, 5.41) is 3.74. The van der Waals surface area contributed by atoms with E-state index in [-0.39, 0.29) is 28.1 Å². The molecule has 8 heteroatoms. The zero-order valence-corrected chi connectivity index (χ0v) is 13.2. The van der Waals surface area contributed by atoms with Crippen molar-refractivity contribution in [3.63, 3.8) is 0 Å². The minimum atomic E-state index is -4.47. The smallest absolute Gasteiger partial charge is 0.417 e. The Hall–Kier alpha value is -1.83. The van der Waals surface area contributed by atoms with E-state index in [9.17, 15) is 18.0 Å². The van der Waals surface area contributed by atoms with Crippen molar-refractivity contribution >= 4 is 21.9 Å². The number of ether oxygens (including phenoxy) is 1. The van der Waals surface area contributed by atoms with Crippen LogP contribution >= 0.6 is 15.9 Å². The normalized spacial score (nSPS) is 11.5. The molecule has 1 heterocycles. The van der Waals surface area contributed by atoms with Crippen LogP contribution in [0.3, 0.4) is 0 Å². The van der Waals surface area contributed by atoms with Gasteiger partial charge in [-0.3, -0.25) is 0 Å². The van der Waals surface area contributed by atoms with Crippen LogP contribution in [0.25, 0.3) is 11.3 Å². The summed E-state index contributed by atoms with van der Waals surface area (Å²) in [7, 11) is 0. The molecule has 0 radical (unpaired) electrons. The highest BCUT2D eigenvalue weighted by Crippen LogP contribution is 2.37. The molecule has 0 N–H and O–H groups in total. The first kappa shape index (κ1) is 16.5. The Morgan fingerprint density at radius 3 is 2.64 bits per heavy atom. The van der Waals surface area contributed by atoms with E-state index in [1.807, 2.05) is 0 Å². The van der Waals surface area contributed by atoms with Gasteiger partial charge in [0.2, 0.25) is 0 Å². The average Bonchev–Trinajstić information content (AvgIpc) is 2.79. The van der Waals surface area contributed by atoms with Gasteiger partial charge in [0.15, 0.2) is 0 Å². The summed E-state index contributed by atoms with van der Waals surface area (Å²) in [5.41, 5.74) is -0.243. The molecule has 0 amide bonds. The molecule has 1 aromatic carbocycles. The molecule has 0 atom stereocenters. The summed E-state index contributed by atoms with van der Waals surface area (Å²) in [4.78, 5) is 11.9. The van der Waals surface area contributed by atoms with Crippen molar-refractivity contribution in [1.29, 1.82) is 0 Å². The van der Waals surface area contributed by atoms with Gasteiger partial charge < -0.3 is 9.26 Å². The first-order valence-electron chi connectivity index (χ1n) is 6.26. The molecule has 0 aliphatic carbocycles. The number of aryl methyl sites for hydroxylation is 1. The van der Waals surface area contributed by atoms with Gasteiger partial charge in [0.1, 0.15) is 17.0 Å². The first-order chi connectivity index (χ1) is 10.3. The molecule has 1 aromatic heterocycles. The van der Waals surface area contributed by atoms with E-state index in [1.165, 1.54) is 19.1 Å². The highest BCUT2D eigenvalue weighted by Gasteiger charge is 2.33. The van der Waals surface area contributed by atoms with Crippen LogP contribution in [0.15, 0.2) is 27.2 Å². The Balaban J connectivity index is 2.50. The van der Waals surface area contributed by atoms with Gasteiger partial charge in [-0.1, -0.05) is 27.2 Å². The molecule has 0 aliphatic heterocycles. The molecule has 4 nitrogen and oxygen atoms in total. The standard InChI is InChI=1S/C14H11BrF3NO3/c1-3-21-13(20)11-7(2)22-19-12(11)8-4-5-9(10(15)6-8)14(16,17)18/h4-6H,3H2,1-2H3. The summed E-state index contributed by atoms with van der Waals surface area (Å²) in [5.74, 6) is -0.392. The Labute approximate surface area is 132 Å². The second kappa shape index (κ2) is 6.12. The minimum absolute atomic E-state index is 0.105. The number of nitrogens with zero attached hydrogens (tertiary/aromatic N) is 1. The van der Waals surface area contributed by atoms with Crippen LogP contribution < -0.4 is 0 Å². The summed E-state index contributed by atoms with van der Waals surface area (Å²) < 4.78 is 48.0. The second-order valence-corrected chi connectivity index (χ2v) is 5.23. The Bertz CT molecular complexity index is 710. The number of carbonyl (C=O) groups is 1. The fraction of sp³-hybridized carbons (Fsp3) is 0.286. The van der Waals surface area contributed by atoms with Crippen LogP contribution in [0.1, 0.15) is 28.6 Å². The monoisotopic (exact) mass is 377 g/mol. The quantitative estimate of drug-likeness (QED) is 0.733. The molecule has 0 unspecified atom stereocenters. The van der Waals surface area contributed by atoms with Gasteiger partial charge in [0.25, 0.3) is 0 Å². The van der Waals surface area contributed by atoms with Gasteiger partial charge >= 0.3 is 12.1 Å². The summed E-state index contributed by atoms with van der Waals surface area (Å²) in [6, 6.07) is 3.38. The number of carbonyl (C=O) groups excluding carboxylic acids is 1. The molecule has 118 valence electrons. The zero-order valence-electron chi connectivity index (χ0n) is 11.6. The molecule has 0 fully saturated rings. The van der Waals surface area contributed by atoms with Crippen molar-refractivity contribution in [2.75, 3.05) is 6.61 Å². The van der Waals surface area contributed by atoms with Crippen LogP contribution in [0.5, 0.6) is 0 Å². The van der Waals surface area contributed by atoms with E-state index in [1.54, 1.807) is 6.92 Å². The lowest BCUT2D eigenvalue weighted by Crippen LogP contribution is -2.08. The highest BCUT2D eigenvalue weighted by atomic mass is 79.9. The van der Waals surface area contributed by atoms with Crippen molar-refractivity contribution in [3.8, 4) is 11.3 Å². The summed E-state index contributed by atoms with van der Waals surface area (Å²) in [6.07, 6.45) is -4.47. The topological polar surface area (TPSA) is 52.3 Å². The van der Waals surface area contributed by atoms with Crippen LogP contribution in [-0.2, 0) is 10.9 Å². The van der Waals surface area contributed by atoms with Gasteiger partial charge in [-0.15, -0.1) is 0 Å². The van der Waals surface area contributed by atoms with Crippen molar-refractivity contribution in [1.82, 2.24) is 5.16 Å². The third-order valence-corrected chi connectivity index (χ3v) is 3.55. The Kier molecular flexibility index (Phi) is 4.60. The van der Waals surface area contributed by atoms with Gasteiger partial charge in [-0.2, -0.15) is 13.2 Å². The number of hydrogen-bond donors (Lipinski definition) is 0.